The van der Waals surface area contributed by atoms with Gasteiger partial charge in [-0.15, -0.1) is 5.10 Å². The summed E-state index contributed by atoms with van der Waals surface area (Å²) < 4.78 is 1.71. The summed E-state index contributed by atoms with van der Waals surface area (Å²) in [6, 6.07) is 18.0. The van der Waals surface area contributed by atoms with Gasteiger partial charge in [0.25, 0.3) is 5.91 Å². The van der Waals surface area contributed by atoms with E-state index in [4.69, 9.17) is 0 Å². The molecule has 1 aromatic carbocycles. The summed E-state index contributed by atoms with van der Waals surface area (Å²) in [4.78, 5) is 16.6. The largest absolute Gasteiger partial charge is 0.345 e. The first-order valence-electron chi connectivity index (χ1n) is 13.8. The molecule has 4 aromatic rings. The lowest BCUT2D eigenvalue weighted by Crippen LogP contribution is -2.23. The van der Waals surface area contributed by atoms with E-state index in [2.05, 4.69) is 49.0 Å². The quantitative estimate of drug-likeness (QED) is 0.288. The molecule has 1 saturated carbocycles. The Kier molecular flexibility index (Phi) is 7.40. The summed E-state index contributed by atoms with van der Waals surface area (Å²) in [5.74, 6) is 0.399. The van der Waals surface area contributed by atoms with Gasteiger partial charge in [0, 0.05) is 24.7 Å². The molecule has 0 bridgehead atoms. The van der Waals surface area contributed by atoms with Gasteiger partial charge < -0.3 is 5.32 Å². The highest BCUT2D eigenvalue weighted by molar-refractivity contribution is 5.91. The van der Waals surface area contributed by atoms with E-state index in [1.165, 1.54) is 29.6 Å². The molecule has 0 radical (unpaired) electrons. The number of carbonyl (C=O) groups is 1. The molecule has 200 valence electrons. The van der Waals surface area contributed by atoms with E-state index in [1.807, 2.05) is 36.4 Å². The number of rotatable bonds is 11. The van der Waals surface area contributed by atoms with Gasteiger partial charge in [-0.3, -0.25) is 14.5 Å². The maximum Gasteiger partial charge on any atom is 0.273 e. The van der Waals surface area contributed by atoms with Crippen LogP contribution in [0.1, 0.15) is 69.9 Å². The first-order valence-corrected chi connectivity index (χ1v) is 13.8. The van der Waals surface area contributed by atoms with Crippen molar-refractivity contribution in [2.45, 2.75) is 58.0 Å². The standard InChI is InChI=1S/C31H30N8O/c32-18-22-7-5-6-21(14-22)15-27-26(23-10-11-23)17-29-28(27)16-24(35-36-29)8-2-4-13-39-20-30(37-38-39)31(40)34-19-25-9-1-3-12-33-25/h1,3,5-7,9,12,14,16,20,23H,2,4,8,10-11,13,15,17,19H2,(H,34,40). The number of pyridine rings is 1. The molecule has 0 unspecified atom stereocenters. The Balaban J connectivity index is 1.04. The van der Waals surface area contributed by atoms with Gasteiger partial charge in [-0.05, 0) is 85.9 Å². The fourth-order valence-corrected chi connectivity index (χ4v) is 5.27. The zero-order valence-electron chi connectivity index (χ0n) is 22.3. The molecule has 6 rings (SSSR count). The Hall–Kier alpha value is -4.71. The van der Waals surface area contributed by atoms with Crippen LogP contribution in [0.4, 0.5) is 0 Å². The summed E-state index contributed by atoms with van der Waals surface area (Å²) in [7, 11) is 0. The molecular formula is C31H30N8O. The minimum atomic E-state index is -0.265. The monoisotopic (exact) mass is 530 g/mol. The van der Waals surface area contributed by atoms with Gasteiger partial charge in [-0.2, -0.15) is 15.5 Å². The van der Waals surface area contributed by atoms with Gasteiger partial charge in [0.2, 0.25) is 0 Å². The van der Waals surface area contributed by atoms with Crippen LogP contribution in [0, 0.1) is 17.2 Å². The number of allylic oxidation sites excluding steroid dienone is 2. The number of hydrogen-bond donors (Lipinski definition) is 1. The zero-order valence-corrected chi connectivity index (χ0v) is 22.3. The van der Waals surface area contributed by atoms with Crippen molar-refractivity contribution >= 4 is 11.5 Å². The maximum absolute atomic E-state index is 12.4. The molecule has 9 heteroatoms. The minimum absolute atomic E-state index is 0.265. The van der Waals surface area contributed by atoms with E-state index in [-0.39, 0.29) is 5.91 Å². The van der Waals surface area contributed by atoms with Crippen molar-refractivity contribution in [2.75, 3.05) is 0 Å². The highest BCUT2D eigenvalue weighted by Crippen LogP contribution is 2.46. The van der Waals surface area contributed by atoms with Crippen molar-refractivity contribution in [3.8, 4) is 6.07 Å². The molecule has 0 atom stereocenters. The Morgan fingerprint density at radius 3 is 2.80 bits per heavy atom. The average Bonchev–Trinajstić information content (AvgIpc) is 3.63. The SMILES string of the molecule is N#Cc1cccc(CC2=C(C3CC3)Cc3nnc(CCCCn4cc(C(=O)NCc5ccccn5)nn4)cc32)c1. The molecular weight excluding hydrogens is 500 g/mol. The Morgan fingerprint density at radius 1 is 1.05 bits per heavy atom. The lowest BCUT2D eigenvalue weighted by atomic mass is 9.95. The normalized spacial score (nSPS) is 14.2. The molecule has 2 aliphatic carbocycles. The molecule has 0 aliphatic heterocycles. The molecule has 2 aliphatic rings. The molecule has 1 fully saturated rings. The molecule has 3 heterocycles. The third-order valence-corrected chi connectivity index (χ3v) is 7.50. The second-order valence-corrected chi connectivity index (χ2v) is 10.5. The smallest absolute Gasteiger partial charge is 0.273 e. The number of benzene rings is 1. The van der Waals surface area contributed by atoms with Crippen LogP contribution in [-0.2, 0) is 32.4 Å². The highest BCUT2D eigenvalue weighted by atomic mass is 16.2. The molecule has 3 aromatic heterocycles. The number of amides is 1. The van der Waals surface area contributed by atoms with Crippen LogP contribution in [0.25, 0.3) is 5.57 Å². The van der Waals surface area contributed by atoms with E-state index in [0.29, 0.717) is 30.3 Å². The fourth-order valence-electron chi connectivity index (χ4n) is 5.27. The first-order chi connectivity index (χ1) is 19.7. The van der Waals surface area contributed by atoms with Gasteiger partial charge in [0.1, 0.15) is 0 Å². The maximum atomic E-state index is 12.4. The molecule has 0 spiro atoms. The van der Waals surface area contributed by atoms with E-state index in [1.54, 1.807) is 17.1 Å². The van der Waals surface area contributed by atoms with Gasteiger partial charge in [0.05, 0.1) is 41.5 Å². The number of aromatic nitrogens is 6. The van der Waals surface area contributed by atoms with Gasteiger partial charge >= 0.3 is 0 Å². The third kappa shape index (κ3) is 5.96. The number of hydrogen-bond acceptors (Lipinski definition) is 7. The van der Waals surface area contributed by atoms with E-state index in [0.717, 1.165) is 54.7 Å². The number of unbranched alkanes of at least 4 members (excludes halogenated alkanes) is 1. The zero-order chi connectivity index (χ0) is 27.3. The predicted molar refractivity (Wildman–Crippen MR) is 149 cm³/mol. The summed E-state index contributed by atoms with van der Waals surface area (Å²) in [6.07, 6.45) is 10.2. The van der Waals surface area contributed by atoms with Crippen molar-refractivity contribution in [1.82, 2.24) is 35.5 Å². The van der Waals surface area contributed by atoms with E-state index in [9.17, 15) is 10.1 Å². The van der Waals surface area contributed by atoms with Crippen molar-refractivity contribution in [2.24, 2.45) is 5.92 Å². The van der Waals surface area contributed by atoms with Crippen molar-refractivity contribution in [1.29, 1.82) is 5.26 Å². The van der Waals surface area contributed by atoms with Gasteiger partial charge in [0.15, 0.2) is 5.69 Å². The van der Waals surface area contributed by atoms with E-state index >= 15 is 0 Å². The van der Waals surface area contributed by atoms with Crippen LogP contribution < -0.4 is 5.32 Å². The Morgan fingerprint density at radius 2 is 1.98 bits per heavy atom. The molecule has 1 amide bonds. The molecule has 40 heavy (non-hydrogen) atoms. The number of fused-ring (bicyclic) bond motifs is 1. The summed E-state index contributed by atoms with van der Waals surface area (Å²) in [5.41, 5.74) is 9.13. The number of nitrogens with zero attached hydrogens (tertiary/aromatic N) is 7. The van der Waals surface area contributed by atoms with E-state index < -0.39 is 0 Å². The van der Waals surface area contributed by atoms with Crippen LogP contribution in [0.2, 0.25) is 0 Å². The minimum Gasteiger partial charge on any atom is -0.345 e. The number of nitrogens with one attached hydrogen (secondary N) is 1. The van der Waals surface area contributed by atoms with Crippen LogP contribution in [0.5, 0.6) is 0 Å². The van der Waals surface area contributed by atoms with Gasteiger partial charge in [-0.1, -0.05) is 29.0 Å². The first kappa shape index (κ1) is 25.6. The number of aryl methyl sites for hydroxylation is 2. The summed E-state index contributed by atoms with van der Waals surface area (Å²) in [5, 5.41) is 29.4. The van der Waals surface area contributed by atoms with Crippen LogP contribution in [0.15, 0.2) is 66.5 Å². The molecule has 9 nitrogen and oxygen atoms in total. The fraction of sp³-hybridized carbons (Fsp3) is 0.323. The Bertz CT molecular complexity index is 1600. The van der Waals surface area contributed by atoms with Crippen LogP contribution in [-0.4, -0.2) is 36.1 Å². The summed E-state index contributed by atoms with van der Waals surface area (Å²) >= 11 is 0. The second-order valence-electron chi connectivity index (χ2n) is 10.5. The number of carbonyl (C=O) groups excluding carboxylic acids is 1. The Labute approximate surface area is 233 Å². The molecule has 1 N–H and O–H groups in total. The van der Waals surface area contributed by atoms with Crippen molar-refractivity contribution in [3.63, 3.8) is 0 Å². The highest BCUT2D eigenvalue weighted by Gasteiger charge is 2.34. The predicted octanol–water partition coefficient (Wildman–Crippen LogP) is 4.25. The topological polar surface area (TPSA) is 122 Å². The third-order valence-electron chi connectivity index (χ3n) is 7.50. The van der Waals surface area contributed by atoms with Crippen LogP contribution >= 0.6 is 0 Å². The van der Waals surface area contributed by atoms with Gasteiger partial charge in [-0.25, -0.2) is 0 Å². The number of nitriles is 1. The second kappa shape index (κ2) is 11.6. The molecule has 0 saturated heterocycles. The lowest BCUT2D eigenvalue weighted by molar-refractivity contribution is 0.0945. The van der Waals surface area contributed by atoms with Crippen molar-refractivity contribution < 1.29 is 4.79 Å². The summed E-state index contributed by atoms with van der Waals surface area (Å²) in [6.45, 7) is 1.02. The van der Waals surface area contributed by atoms with Crippen LogP contribution in [0.3, 0.4) is 0 Å². The lowest BCUT2D eigenvalue weighted by Gasteiger charge is -2.10. The average molecular weight is 531 g/mol. The van der Waals surface area contributed by atoms with Crippen molar-refractivity contribution in [3.05, 3.63) is 106 Å².